The van der Waals surface area contributed by atoms with Crippen LogP contribution in [0.4, 0.5) is 8.78 Å². The Bertz CT molecular complexity index is 493. The molecule has 0 N–H and O–H groups in total. The zero-order chi connectivity index (χ0) is 17.4. The highest BCUT2D eigenvalue weighted by Crippen LogP contribution is 2.34. The lowest BCUT2D eigenvalue weighted by Crippen LogP contribution is -2.15. The number of hydrogen-bond acceptors (Lipinski definition) is 1. The van der Waals surface area contributed by atoms with Crippen molar-refractivity contribution in [3.05, 3.63) is 29.3 Å². The summed E-state index contributed by atoms with van der Waals surface area (Å²) >= 11 is 0. The van der Waals surface area contributed by atoms with Gasteiger partial charge in [-0.05, 0) is 43.2 Å². The molecule has 3 heteroatoms. The van der Waals surface area contributed by atoms with E-state index in [0.717, 1.165) is 12.3 Å². The third-order valence-corrected chi connectivity index (χ3v) is 5.43. The predicted octanol–water partition coefficient (Wildman–Crippen LogP) is 6.68. The van der Waals surface area contributed by atoms with Crippen molar-refractivity contribution in [2.24, 2.45) is 11.8 Å². The van der Waals surface area contributed by atoms with Gasteiger partial charge in [0.25, 0.3) is 0 Å². The second-order valence-electron chi connectivity index (χ2n) is 7.21. The van der Waals surface area contributed by atoms with Crippen LogP contribution in [0.25, 0.3) is 0 Å². The molecule has 136 valence electrons. The molecule has 1 aliphatic carbocycles. The second-order valence-corrected chi connectivity index (χ2v) is 7.21. The van der Waals surface area contributed by atoms with E-state index in [9.17, 15) is 8.78 Å². The number of unbranched alkanes of at least 4 members (excludes halogenated alkanes) is 2. The molecule has 1 aromatic carbocycles. The van der Waals surface area contributed by atoms with Crippen LogP contribution in [0.2, 0.25) is 0 Å². The average molecular weight is 338 g/mol. The summed E-state index contributed by atoms with van der Waals surface area (Å²) in [5.41, 5.74) is 0.487. The van der Waals surface area contributed by atoms with Gasteiger partial charge in [-0.25, -0.2) is 4.39 Å². The van der Waals surface area contributed by atoms with E-state index >= 15 is 0 Å². The van der Waals surface area contributed by atoms with E-state index in [1.807, 2.05) is 0 Å². The molecule has 1 fully saturated rings. The third-order valence-electron chi connectivity index (χ3n) is 5.43. The molecule has 1 saturated carbocycles. The standard InChI is InChI=1S/C21H32F2O/c1-3-5-6-7-16-8-10-17(11-9-16)12-13-18-14-15-19(24-4-2)21(23)20(18)22/h14-17H,3-13H2,1-2H3. The summed E-state index contributed by atoms with van der Waals surface area (Å²) in [6, 6.07) is 3.24. The Morgan fingerprint density at radius 2 is 1.58 bits per heavy atom. The summed E-state index contributed by atoms with van der Waals surface area (Å²) in [6.45, 7) is 4.36. The molecule has 0 saturated heterocycles. The van der Waals surface area contributed by atoms with Crippen molar-refractivity contribution in [2.45, 2.75) is 78.1 Å². The minimum absolute atomic E-state index is 0.0198. The highest BCUT2D eigenvalue weighted by molar-refractivity contribution is 5.31. The van der Waals surface area contributed by atoms with Gasteiger partial charge in [-0.3, -0.25) is 0 Å². The molecule has 0 unspecified atom stereocenters. The smallest absolute Gasteiger partial charge is 0.200 e. The molecule has 0 radical (unpaired) electrons. The van der Waals surface area contributed by atoms with Gasteiger partial charge in [0.2, 0.25) is 5.82 Å². The number of aryl methyl sites for hydroxylation is 1. The SMILES string of the molecule is CCCCCC1CCC(CCc2ccc(OCC)c(F)c2F)CC1. The Labute approximate surface area is 145 Å². The maximum atomic E-state index is 14.1. The van der Waals surface area contributed by atoms with E-state index in [0.29, 0.717) is 24.5 Å². The quantitative estimate of drug-likeness (QED) is 0.456. The number of halogens is 2. The molecule has 1 aromatic rings. The molecular weight excluding hydrogens is 306 g/mol. The third kappa shape index (κ3) is 5.46. The van der Waals surface area contributed by atoms with Crippen LogP contribution < -0.4 is 4.74 Å². The van der Waals surface area contributed by atoms with E-state index in [1.165, 1.54) is 51.4 Å². The van der Waals surface area contributed by atoms with Crippen LogP contribution in [0.5, 0.6) is 5.75 Å². The summed E-state index contributed by atoms with van der Waals surface area (Å²) in [5.74, 6) is 0.0171. The molecule has 24 heavy (non-hydrogen) atoms. The maximum absolute atomic E-state index is 14.1. The van der Waals surface area contributed by atoms with Crippen molar-refractivity contribution in [1.82, 2.24) is 0 Å². The number of benzene rings is 1. The number of rotatable bonds is 9. The summed E-state index contributed by atoms with van der Waals surface area (Å²) < 4.78 is 33.1. The topological polar surface area (TPSA) is 9.23 Å². The van der Waals surface area contributed by atoms with Crippen molar-refractivity contribution >= 4 is 0 Å². The van der Waals surface area contributed by atoms with E-state index in [-0.39, 0.29) is 5.75 Å². The van der Waals surface area contributed by atoms with E-state index < -0.39 is 11.6 Å². The van der Waals surface area contributed by atoms with Gasteiger partial charge in [0.15, 0.2) is 11.6 Å². The fourth-order valence-corrected chi connectivity index (χ4v) is 3.88. The summed E-state index contributed by atoms with van der Waals surface area (Å²) in [5, 5.41) is 0. The lowest BCUT2D eigenvalue weighted by atomic mass is 9.78. The molecule has 0 heterocycles. The molecular formula is C21H32F2O. The molecule has 1 nitrogen and oxygen atoms in total. The zero-order valence-electron chi connectivity index (χ0n) is 15.3. The van der Waals surface area contributed by atoms with Crippen molar-refractivity contribution in [1.29, 1.82) is 0 Å². The largest absolute Gasteiger partial charge is 0.491 e. The van der Waals surface area contributed by atoms with Crippen LogP contribution in [0.3, 0.4) is 0 Å². The Hall–Kier alpha value is -1.12. The van der Waals surface area contributed by atoms with Gasteiger partial charge in [-0.15, -0.1) is 0 Å². The van der Waals surface area contributed by atoms with Gasteiger partial charge >= 0.3 is 0 Å². The Morgan fingerprint density at radius 3 is 2.21 bits per heavy atom. The predicted molar refractivity (Wildman–Crippen MR) is 95.4 cm³/mol. The second kappa shape index (κ2) is 10.0. The minimum Gasteiger partial charge on any atom is -0.491 e. The number of ether oxygens (including phenoxy) is 1. The Morgan fingerprint density at radius 1 is 0.917 bits per heavy atom. The van der Waals surface area contributed by atoms with Crippen molar-refractivity contribution < 1.29 is 13.5 Å². The first kappa shape index (κ1) is 19.2. The zero-order valence-corrected chi connectivity index (χ0v) is 15.3. The van der Waals surface area contributed by atoms with Crippen LogP contribution in [-0.4, -0.2) is 6.61 Å². The van der Waals surface area contributed by atoms with Crippen molar-refractivity contribution in [3.8, 4) is 5.75 Å². The lowest BCUT2D eigenvalue weighted by Gasteiger charge is -2.28. The van der Waals surface area contributed by atoms with Gasteiger partial charge in [0.05, 0.1) is 6.61 Å². The summed E-state index contributed by atoms with van der Waals surface area (Å²) in [7, 11) is 0. The molecule has 0 spiro atoms. The molecule has 2 rings (SSSR count). The maximum Gasteiger partial charge on any atom is 0.200 e. The van der Waals surface area contributed by atoms with Crippen molar-refractivity contribution in [2.75, 3.05) is 6.61 Å². The molecule has 0 aliphatic heterocycles. The highest BCUT2D eigenvalue weighted by atomic mass is 19.2. The summed E-state index contributed by atoms with van der Waals surface area (Å²) in [6.07, 6.45) is 12.1. The monoisotopic (exact) mass is 338 g/mol. The van der Waals surface area contributed by atoms with Gasteiger partial charge in [-0.1, -0.05) is 64.4 Å². The van der Waals surface area contributed by atoms with E-state index in [2.05, 4.69) is 6.92 Å². The highest BCUT2D eigenvalue weighted by Gasteiger charge is 2.22. The fraction of sp³-hybridized carbons (Fsp3) is 0.714. The molecule has 1 aliphatic rings. The Kier molecular flexibility index (Phi) is 8.01. The van der Waals surface area contributed by atoms with E-state index in [4.69, 9.17) is 4.74 Å². The normalized spacial score (nSPS) is 21.0. The molecule has 0 atom stereocenters. The molecule has 0 bridgehead atoms. The Balaban J connectivity index is 1.77. The molecule has 0 aromatic heterocycles. The van der Waals surface area contributed by atoms with Gasteiger partial charge in [0.1, 0.15) is 0 Å². The van der Waals surface area contributed by atoms with Crippen LogP contribution in [0.1, 0.15) is 77.2 Å². The first-order valence-electron chi connectivity index (χ1n) is 9.75. The van der Waals surface area contributed by atoms with Gasteiger partial charge < -0.3 is 4.74 Å². The van der Waals surface area contributed by atoms with Crippen LogP contribution in [0.15, 0.2) is 12.1 Å². The molecule has 0 amide bonds. The van der Waals surface area contributed by atoms with Gasteiger partial charge in [0, 0.05) is 0 Å². The van der Waals surface area contributed by atoms with E-state index in [1.54, 1.807) is 19.1 Å². The average Bonchev–Trinajstić information content (AvgIpc) is 2.60. The van der Waals surface area contributed by atoms with Crippen LogP contribution in [0, 0.1) is 23.5 Å². The van der Waals surface area contributed by atoms with Crippen LogP contribution in [-0.2, 0) is 6.42 Å². The first-order chi connectivity index (χ1) is 11.7. The van der Waals surface area contributed by atoms with Crippen molar-refractivity contribution in [3.63, 3.8) is 0 Å². The van der Waals surface area contributed by atoms with Gasteiger partial charge in [-0.2, -0.15) is 4.39 Å². The number of hydrogen-bond donors (Lipinski definition) is 0. The first-order valence-corrected chi connectivity index (χ1v) is 9.75. The fourth-order valence-electron chi connectivity index (χ4n) is 3.88. The van der Waals surface area contributed by atoms with Crippen LogP contribution >= 0.6 is 0 Å². The minimum atomic E-state index is -0.839. The summed E-state index contributed by atoms with van der Waals surface area (Å²) in [4.78, 5) is 0. The lowest BCUT2D eigenvalue weighted by molar-refractivity contribution is 0.248.